The lowest BCUT2D eigenvalue weighted by Crippen LogP contribution is -2.28. The van der Waals surface area contributed by atoms with Crippen LogP contribution in [0.5, 0.6) is 11.5 Å². The average Bonchev–Trinajstić information content (AvgIpc) is 3.14. The molecule has 1 atom stereocenters. The fourth-order valence-corrected chi connectivity index (χ4v) is 3.36. The third-order valence-corrected chi connectivity index (χ3v) is 4.96. The number of amides is 3. The number of ether oxygens (including phenoxy) is 2. The number of hydrogen-bond donors (Lipinski definition) is 1. The van der Waals surface area contributed by atoms with Crippen LogP contribution in [0.3, 0.4) is 0 Å². The third-order valence-electron chi connectivity index (χ3n) is 4.96. The van der Waals surface area contributed by atoms with Crippen molar-refractivity contribution in [2.24, 2.45) is 5.92 Å². The van der Waals surface area contributed by atoms with Crippen LogP contribution in [0.2, 0.25) is 0 Å². The highest BCUT2D eigenvalue weighted by Gasteiger charge is 2.36. The summed E-state index contributed by atoms with van der Waals surface area (Å²) in [7, 11) is 6.40. The van der Waals surface area contributed by atoms with Gasteiger partial charge >= 0.3 is 0 Å². The highest BCUT2D eigenvalue weighted by molar-refractivity contribution is 6.04. The van der Waals surface area contributed by atoms with E-state index in [2.05, 4.69) is 5.32 Å². The van der Waals surface area contributed by atoms with Gasteiger partial charge in [-0.2, -0.15) is 0 Å². The Labute approximate surface area is 175 Å². The van der Waals surface area contributed by atoms with Gasteiger partial charge in [0.1, 0.15) is 11.5 Å². The molecule has 0 saturated carbocycles. The van der Waals surface area contributed by atoms with Crippen LogP contribution in [0.15, 0.2) is 42.5 Å². The maximum absolute atomic E-state index is 12.8. The van der Waals surface area contributed by atoms with Gasteiger partial charge in [0.15, 0.2) is 0 Å². The minimum atomic E-state index is -0.526. The lowest BCUT2D eigenvalue weighted by molar-refractivity contribution is -0.122. The molecule has 1 unspecified atom stereocenters. The molecule has 2 aromatic carbocycles. The van der Waals surface area contributed by atoms with Crippen molar-refractivity contribution in [1.29, 1.82) is 0 Å². The summed E-state index contributed by atoms with van der Waals surface area (Å²) in [5.41, 5.74) is 1.55. The number of anilines is 2. The van der Waals surface area contributed by atoms with Gasteiger partial charge in [0.25, 0.3) is 5.91 Å². The zero-order valence-electron chi connectivity index (χ0n) is 17.5. The predicted molar refractivity (Wildman–Crippen MR) is 113 cm³/mol. The van der Waals surface area contributed by atoms with E-state index in [9.17, 15) is 14.4 Å². The van der Waals surface area contributed by atoms with Crippen LogP contribution in [-0.2, 0) is 9.59 Å². The van der Waals surface area contributed by atoms with E-state index < -0.39 is 5.92 Å². The van der Waals surface area contributed by atoms with Gasteiger partial charge in [-0.3, -0.25) is 14.4 Å². The molecule has 2 aromatic rings. The Balaban J connectivity index is 1.75. The minimum absolute atomic E-state index is 0.0858. The summed E-state index contributed by atoms with van der Waals surface area (Å²) in [4.78, 5) is 40.6. The molecule has 0 aromatic heterocycles. The normalized spacial score (nSPS) is 15.7. The molecule has 0 bridgehead atoms. The number of carbonyl (C=O) groups is 3. The van der Waals surface area contributed by atoms with E-state index in [0.717, 1.165) is 0 Å². The smallest absolute Gasteiger partial charge is 0.253 e. The topological polar surface area (TPSA) is 88.2 Å². The Hall–Kier alpha value is -3.55. The first kappa shape index (κ1) is 21.2. The molecule has 3 rings (SSSR count). The summed E-state index contributed by atoms with van der Waals surface area (Å²) >= 11 is 0. The van der Waals surface area contributed by atoms with Gasteiger partial charge in [0.05, 0.1) is 25.8 Å². The van der Waals surface area contributed by atoms with Crippen molar-refractivity contribution in [3.05, 3.63) is 48.0 Å². The zero-order valence-corrected chi connectivity index (χ0v) is 17.5. The lowest BCUT2D eigenvalue weighted by atomic mass is 10.1. The summed E-state index contributed by atoms with van der Waals surface area (Å²) < 4.78 is 10.6. The van der Waals surface area contributed by atoms with Crippen molar-refractivity contribution in [2.45, 2.75) is 6.42 Å². The van der Waals surface area contributed by atoms with Crippen molar-refractivity contribution in [1.82, 2.24) is 4.90 Å². The molecule has 3 amide bonds. The Kier molecular flexibility index (Phi) is 6.25. The van der Waals surface area contributed by atoms with Crippen molar-refractivity contribution < 1.29 is 23.9 Å². The molecule has 1 fully saturated rings. The van der Waals surface area contributed by atoms with Crippen molar-refractivity contribution in [3.63, 3.8) is 0 Å². The zero-order chi connectivity index (χ0) is 21.8. The Morgan fingerprint density at radius 2 is 1.87 bits per heavy atom. The van der Waals surface area contributed by atoms with Gasteiger partial charge in [-0.15, -0.1) is 0 Å². The second kappa shape index (κ2) is 8.86. The molecule has 1 N–H and O–H groups in total. The molecule has 0 radical (unpaired) electrons. The minimum Gasteiger partial charge on any atom is -0.497 e. The van der Waals surface area contributed by atoms with E-state index in [-0.39, 0.29) is 30.7 Å². The van der Waals surface area contributed by atoms with Crippen LogP contribution in [0, 0.1) is 5.92 Å². The number of nitrogens with one attached hydrogen (secondary N) is 1. The first-order chi connectivity index (χ1) is 14.3. The number of hydrogen-bond acceptors (Lipinski definition) is 5. The second-order valence-electron chi connectivity index (χ2n) is 7.21. The van der Waals surface area contributed by atoms with E-state index in [4.69, 9.17) is 9.47 Å². The van der Waals surface area contributed by atoms with E-state index >= 15 is 0 Å². The highest BCUT2D eigenvalue weighted by atomic mass is 16.5. The van der Waals surface area contributed by atoms with Gasteiger partial charge in [-0.25, -0.2) is 0 Å². The predicted octanol–water partition coefficient (Wildman–Crippen LogP) is 2.40. The molecule has 1 aliphatic rings. The third kappa shape index (κ3) is 4.37. The van der Waals surface area contributed by atoms with Crippen LogP contribution in [-0.4, -0.2) is 57.5 Å². The molecule has 0 aliphatic carbocycles. The molecular weight excluding hydrogens is 386 g/mol. The summed E-state index contributed by atoms with van der Waals surface area (Å²) in [6.07, 6.45) is 0.0858. The number of nitrogens with zero attached hydrogens (tertiary/aromatic N) is 2. The molecular formula is C22H25N3O5. The lowest BCUT2D eigenvalue weighted by Gasteiger charge is -2.20. The van der Waals surface area contributed by atoms with Gasteiger partial charge in [0, 0.05) is 44.4 Å². The second-order valence-corrected chi connectivity index (χ2v) is 7.21. The molecule has 1 aliphatic heterocycles. The fraction of sp³-hybridized carbons (Fsp3) is 0.318. The van der Waals surface area contributed by atoms with Crippen LogP contribution >= 0.6 is 0 Å². The standard InChI is InChI=1S/C22H25N3O5/c1-24(2)22(28)14-6-5-7-16(10-14)23-21(27)15-11-20(26)25(13-15)18-12-17(29-3)8-9-19(18)30-4/h5-10,12,15H,11,13H2,1-4H3,(H,23,27). The summed E-state index contributed by atoms with van der Waals surface area (Å²) in [5, 5.41) is 2.82. The van der Waals surface area contributed by atoms with Crippen LogP contribution < -0.4 is 19.7 Å². The van der Waals surface area contributed by atoms with Crippen LogP contribution in [0.4, 0.5) is 11.4 Å². The first-order valence-corrected chi connectivity index (χ1v) is 9.49. The van der Waals surface area contributed by atoms with Gasteiger partial charge in [-0.05, 0) is 30.3 Å². The monoisotopic (exact) mass is 411 g/mol. The van der Waals surface area contributed by atoms with E-state index in [1.165, 1.54) is 16.9 Å². The molecule has 8 heteroatoms. The number of methoxy groups -OCH3 is 2. The van der Waals surface area contributed by atoms with Crippen LogP contribution in [0.25, 0.3) is 0 Å². The Bertz CT molecular complexity index is 973. The summed E-state index contributed by atoms with van der Waals surface area (Å²) in [6.45, 7) is 0.227. The molecule has 8 nitrogen and oxygen atoms in total. The Morgan fingerprint density at radius 3 is 2.53 bits per heavy atom. The number of rotatable bonds is 6. The van der Waals surface area contributed by atoms with Gasteiger partial charge in [-0.1, -0.05) is 6.07 Å². The quantitative estimate of drug-likeness (QED) is 0.789. The first-order valence-electron chi connectivity index (χ1n) is 9.49. The highest BCUT2D eigenvalue weighted by Crippen LogP contribution is 2.36. The maximum atomic E-state index is 12.8. The maximum Gasteiger partial charge on any atom is 0.253 e. The van der Waals surface area contributed by atoms with Gasteiger partial charge in [0.2, 0.25) is 11.8 Å². The SMILES string of the molecule is COc1ccc(OC)c(N2CC(C(=O)Nc3cccc(C(=O)N(C)C)c3)CC2=O)c1. The molecule has 158 valence electrons. The summed E-state index contributed by atoms with van der Waals surface area (Å²) in [6, 6.07) is 11.9. The molecule has 1 heterocycles. The van der Waals surface area contributed by atoms with E-state index in [0.29, 0.717) is 28.4 Å². The molecule has 1 saturated heterocycles. The largest absolute Gasteiger partial charge is 0.497 e. The summed E-state index contributed by atoms with van der Waals surface area (Å²) in [5.74, 6) is -0.00515. The van der Waals surface area contributed by atoms with Crippen LogP contribution in [0.1, 0.15) is 16.8 Å². The molecule has 30 heavy (non-hydrogen) atoms. The van der Waals surface area contributed by atoms with E-state index in [1.54, 1.807) is 63.7 Å². The number of carbonyl (C=O) groups excluding carboxylic acids is 3. The van der Waals surface area contributed by atoms with E-state index in [1.807, 2.05) is 0 Å². The van der Waals surface area contributed by atoms with Crippen molar-refractivity contribution >= 4 is 29.1 Å². The fourth-order valence-electron chi connectivity index (χ4n) is 3.36. The number of benzene rings is 2. The van der Waals surface area contributed by atoms with Gasteiger partial charge < -0.3 is 24.6 Å². The van der Waals surface area contributed by atoms with Crippen molar-refractivity contribution in [3.8, 4) is 11.5 Å². The van der Waals surface area contributed by atoms with Crippen molar-refractivity contribution in [2.75, 3.05) is 45.1 Å². The average molecular weight is 411 g/mol. The Morgan fingerprint density at radius 1 is 1.10 bits per heavy atom. The molecule has 0 spiro atoms.